The SMILES string of the molecule is CCN(CC)c1ccc(/C=N\NC(=O)[C@@H](Cc2ccccc2)NC(=O)[C@H](C)Oc2ccc(Cl)cc2Cl)c(OC)c1. The van der Waals surface area contributed by atoms with Crippen LogP contribution in [0.15, 0.2) is 71.8 Å². The van der Waals surface area contributed by atoms with Crippen LogP contribution < -0.4 is 25.1 Å². The molecule has 0 unspecified atom stereocenters. The fourth-order valence-corrected chi connectivity index (χ4v) is 4.45. The quantitative estimate of drug-likeness (QED) is 0.204. The minimum Gasteiger partial charge on any atom is -0.496 e. The molecule has 3 aromatic carbocycles. The zero-order valence-corrected chi connectivity index (χ0v) is 24.5. The number of ether oxygens (including phenoxy) is 2. The van der Waals surface area contributed by atoms with E-state index in [1.807, 2.05) is 48.5 Å². The molecule has 0 spiro atoms. The maximum Gasteiger partial charge on any atom is 0.262 e. The minimum atomic E-state index is -0.929. The lowest BCUT2D eigenvalue weighted by Gasteiger charge is -2.22. The van der Waals surface area contributed by atoms with Crippen LogP contribution in [0.2, 0.25) is 10.0 Å². The molecule has 0 aliphatic heterocycles. The third-order valence-electron chi connectivity index (χ3n) is 6.21. The van der Waals surface area contributed by atoms with E-state index in [0.717, 1.165) is 24.3 Å². The molecule has 40 heavy (non-hydrogen) atoms. The number of halogens is 2. The molecule has 2 amide bonds. The molecule has 0 aliphatic carbocycles. The van der Waals surface area contributed by atoms with Crippen LogP contribution in [0.3, 0.4) is 0 Å². The van der Waals surface area contributed by atoms with E-state index in [2.05, 4.69) is 34.6 Å². The molecule has 2 atom stereocenters. The van der Waals surface area contributed by atoms with Gasteiger partial charge in [0.2, 0.25) is 0 Å². The maximum absolute atomic E-state index is 13.2. The van der Waals surface area contributed by atoms with Crippen molar-refractivity contribution >= 4 is 46.9 Å². The number of benzene rings is 3. The summed E-state index contributed by atoms with van der Waals surface area (Å²) in [6.07, 6.45) is 0.838. The van der Waals surface area contributed by atoms with Gasteiger partial charge >= 0.3 is 0 Å². The zero-order chi connectivity index (χ0) is 29.1. The smallest absolute Gasteiger partial charge is 0.262 e. The van der Waals surface area contributed by atoms with Crippen LogP contribution in [-0.2, 0) is 16.0 Å². The Kier molecular flexibility index (Phi) is 11.7. The summed E-state index contributed by atoms with van der Waals surface area (Å²) in [5, 5.41) is 7.64. The molecule has 0 fully saturated rings. The predicted molar refractivity (Wildman–Crippen MR) is 161 cm³/mol. The molecule has 3 aromatic rings. The second kappa shape index (κ2) is 15.1. The van der Waals surface area contributed by atoms with Crippen molar-refractivity contribution in [3.05, 3.63) is 87.9 Å². The first kappa shape index (κ1) is 30.8. The molecule has 0 radical (unpaired) electrons. The Morgan fingerprint density at radius 3 is 2.35 bits per heavy atom. The van der Waals surface area contributed by atoms with Gasteiger partial charge in [0.1, 0.15) is 17.5 Å². The van der Waals surface area contributed by atoms with Gasteiger partial charge in [0.25, 0.3) is 11.8 Å². The van der Waals surface area contributed by atoms with Crippen molar-refractivity contribution < 1.29 is 19.1 Å². The van der Waals surface area contributed by atoms with Crippen molar-refractivity contribution in [3.63, 3.8) is 0 Å². The van der Waals surface area contributed by atoms with E-state index in [1.54, 1.807) is 26.2 Å². The highest BCUT2D eigenvalue weighted by molar-refractivity contribution is 6.35. The van der Waals surface area contributed by atoms with E-state index in [9.17, 15) is 9.59 Å². The fraction of sp³-hybridized carbons (Fsp3) is 0.300. The van der Waals surface area contributed by atoms with Gasteiger partial charge in [-0.3, -0.25) is 9.59 Å². The topological polar surface area (TPSA) is 92.3 Å². The second-order valence-electron chi connectivity index (χ2n) is 8.92. The van der Waals surface area contributed by atoms with Crippen molar-refractivity contribution in [1.82, 2.24) is 10.7 Å². The first-order chi connectivity index (χ1) is 19.2. The summed E-state index contributed by atoms with van der Waals surface area (Å²) in [6, 6.07) is 19.0. The highest BCUT2D eigenvalue weighted by Gasteiger charge is 2.25. The highest BCUT2D eigenvalue weighted by Crippen LogP contribution is 2.28. The summed E-state index contributed by atoms with van der Waals surface area (Å²) in [4.78, 5) is 28.4. The Labute approximate surface area is 245 Å². The standard InChI is InChI=1S/C30H34Cl2N4O4/c1-5-36(6-2)24-14-12-22(28(18-24)39-4)19-33-35-30(38)26(16-21-10-8-7-9-11-21)34-29(37)20(3)40-27-15-13-23(31)17-25(27)32/h7-15,17-20,26H,5-6,16H2,1-4H3,(H,34,37)(H,35,38)/b33-19-/t20-,26+/m0/s1. The van der Waals surface area contributed by atoms with Gasteiger partial charge in [0, 0.05) is 41.9 Å². The van der Waals surface area contributed by atoms with Crippen LogP contribution in [0.25, 0.3) is 0 Å². The average Bonchev–Trinajstić information content (AvgIpc) is 2.95. The van der Waals surface area contributed by atoms with Crippen LogP contribution in [-0.4, -0.2) is 50.4 Å². The van der Waals surface area contributed by atoms with Gasteiger partial charge in [-0.2, -0.15) is 5.10 Å². The van der Waals surface area contributed by atoms with E-state index < -0.39 is 24.0 Å². The minimum absolute atomic E-state index is 0.254. The fourth-order valence-electron chi connectivity index (χ4n) is 4.00. The summed E-state index contributed by atoms with van der Waals surface area (Å²) in [7, 11) is 1.59. The normalized spacial score (nSPS) is 12.4. The van der Waals surface area contributed by atoms with Gasteiger partial charge in [0.05, 0.1) is 18.3 Å². The number of rotatable bonds is 13. The van der Waals surface area contributed by atoms with Gasteiger partial charge in [-0.1, -0.05) is 53.5 Å². The number of anilines is 1. The lowest BCUT2D eigenvalue weighted by Crippen LogP contribution is -2.50. The molecule has 10 heteroatoms. The Morgan fingerprint density at radius 1 is 0.975 bits per heavy atom. The van der Waals surface area contributed by atoms with Crippen LogP contribution >= 0.6 is 23.2 Å². The van der Waals surface area contributed by atoms with Crippen molar-refractivity contribution in [1.29, 1.82) is 0 Å². The number of carbonyl (C=O) groups excluding carboxylic acids is 2. The summed E-state index contributed by atoms with van der Waals surface area (Å²) in [5.74, 6) is -0.0321. The Balaban J connectivity index is 1.72. The first-order valence-electron chi connectivity index (χ1n) is 13.0. The molecule has 0 saturated carbocycles. The van der Waals surface area contributed by atoms with Gasteiger partial charge in [0.15, 0.2) is 6.10 Å². The molecular weight excluding hydrogens is 551 g/mol. The molecule has 3 rings (SSSR count). The number of hydrazone groups is 1. The number of nitrogens with zero attached hydrogens (tertiary/aromatic N) is 2. The highest BCUT2D eigenvalue weighted by atomic mass is 35.5. The molecule has 2 N–H and O–H groups in total. The number of amides is 2. The largest absolute Gasteiger partial charge is 0.496 e. The lowest BCUT2D eigenvalue weighted by molar-refractivity contribution is -0.132. The number of carbonyl (C=O) groups is 2. The molecule has 212 valence electrons. The molecule has 8 nitrogen and oxygen atoms in total. The van der Waals surface area contributed by atoms with E-state index in [4.69, 9.17) is 32.7 Å². The molecule has 0 aromatic heterocycles. The third kappa shape index (κ3) is 8.63. The van der Waals surface area contributed by atoms with Gasteiger partial charge < -0.3 is 19.7 Å². The van der Waals surface area contributed by atoms with Gasteiger partial charge in [-0.05, 0) is 56.7 Å². The van der Waals surface area contributed by atoms with Crippen molar-refractivity contribution in [2.45, 2.75) is 39.3 Å². The molecule has 0 saturated heterocycles. The van der Waals surface area contributed by atoms with Crippen LogP contribution in [0, 0.1) is 0 Å². The Morgan fingerprint density at radius 2 is 1.70 bits per heavy atom. The first-order valence-corrected chi connectivity index (χ1v) is 13.7. The average molecular weight is 586 g/mol. The van der Waals surface area contributed by atoms with Crippen molar-refractivity contribution in [2.75, 3.05) is 25.1 Å². The Bertz CT molecular complexity index is 1320. The number of hydrogen-bond acceptors (Lipinski definition) is 6. The van der Waals surface area contributed by atoms with Crippen molar-refractivity contribution in [3.8, 4) is 11.5 Å². The summed E-state index contributed by atoms with van der Waals surface area (Å²) in [6.45, 7) is 7.49. The lowest BCUT2D eigenvalue weighted by atomic mass is 10.1. The van der Waals surface area contributed by atoms with Crippen LogP contribution in [0.5, 0.6) is 11.5 Å². The molecule has 0 bridgehead atoms. The zero-order valence-electron chi connectivity index (χ0n) is 23.0. The van der Waals surface area contributed by atoms with E-state index >= 15 is 0 Å². The van der Waals surface area contributed by atoms with E-state index in [0.29, 0.717) is 22.1 Å². The molecule has 0 aliphatic rings. The maximum atomic E-state index is 13.2. The molecular formula is C30H34Cl2N4O4. The monoisotopic (exact) mass is 584 g/mol. The van der Waals surface area contributed by atoms with E-state index in [1.165, 1.54) is 12.3 Å². The summed E-state index contributed by atoms with van der Waals surface area (Å²) in [5.41, 5.74) is 5.15. The molecule has 0 heterocycles. The predicted octanol–water partition coefficient (Wildman–Crippen LogP) is 5.49. The number of nitrogens with one attached hydrogen (secondary N) is 2. The third-order valence-corrected chi connectivity index (χ3v) is 6.74. The van der Waals surface area contributed by atoms with Crippen molar-refractivity contribution in [2.24, 2.45) is 5.10 Å². The van der Waals surface area contributed by atoms with E-state index in [-0.39, 0.29) is 11.4 Å². The second-order valence-corrected chi connectivity index (χ2v) is 9.76. The van der Waals surface area contributed by atoms with Crippen LogP contribution in [0.1, 0.15) is 31.9 Å². The number of methoxy groups -OCH3 is 1. The van der Waals surface area contributed by atoms with Gasteiger partial charge in [-0.15, -0.1) is 0 Å². The van der Waals surface area contributed by atoms with Gasteiger partial charge in [-0.25, -0.2) is 5.43 Å². The summed E-state index contributed by atoms with van der Waals surface area (Å²) >= 11 is 12.1. The summed E-state index contributed by atoms with van der Waals surface area (Å²) < 4.78 is 11.3. The van der Waals surface area contributed by atoms with Crippen LogP contribution in [0.4, 0.5) is 5.69 Å². The number of hydrogen-bond donors (Lipinski definition) is 2. The Hall–Kier alpha value is -3.75.